The van der Waals surface area contributed by atoms with Crippen molar-refractivity contribution in [3.8, 4) is 11.8 Å². The minimum absolute atomic E-state index is 0.0453. The first kappa shape index (κ1) is 17.5. The van der Waals surface area contributed by atoms with E-state index in [0.717, 1.165) is 37.7 Å². The lowest BCUT2D eigenvalue weighted by Crippen LogP contribution is -2.10. The second-order valence-corrected chi connectivity index (χ2v) is 5.28. The molecule has 0 aromatic heterocycles. The molecule has 0 amide bonds. The molecule has 0 bridgehead atoms. The summed E-state index contributed by atoms with van der Waals surface area (Å²) >= 11 is 0. The molecule has 1 aromatic carbocycles. The molecule has 0 aliphatic heterocycles. The molecule has 1 atom stereocenters. The molecular weight excluding hydrogens is 260 g/mol. The molecule has 1 N–H and O–H groups in total. The summed E-state index contributed by atoms with van der Waals surface area (Å²) in [5.74, 6) is 6.37. The number of aliphatic hydroxyl groups excluding tert-OH is 1. The molecule has 2 heteroatoms. The summed E-state index contributed by atoms with van der Waals surface area (Å²) in [5.41, 5.74) is 2.32. The fraction of sp³-hybridized carbons (Fsp3) is 0.474. The SMILES string of the molecule is C=C(C)CCC(C#CCCCCO)OCc1ccccc1. The maximum Gasteiger partial charge on any atom is 0.118 e. The largest absolute Gasteiger partial charge is 0.396 e. The van der Waals surface area contributed by atoms with Crippen LogP contribution < -0.4 is 0 Å². The quantitative estimate of drug-likeness (QED) is 0.421. The number of hydrogen-bond acceptors (Lipinski definition) is 2. The maximum atomic E-state index is 8.75. The molecule has 1 rings (SSSR count). The highest BCUT2D eigenvalue weighted by Crippen LogP contribution is 2.10. The number of rotatable bonds is 9. The Morgan fingerprint density at radius 2 is 2.05 bits per heavy atom. The van der Waals surface area contributed by atoms with Crippen LogP contribution in [0.4, 0.5) is 0 Å². The monoisotopic (exact) mass is 286 g/mol. The smallest absolute Gasteiger partial charge is 0.118 e. The fourth-order valence-corrected chi connectivity index (χ4v) is 1.86. The van der Waals surface area contributed by atoms with E-state index in [1.807, 2.05) is 25.1 Å². The van der Waals surface area contributed by atoms with Crippen molar-refractivity contribution in [2.45, 2.75) is 51.7 Å². The van der Waals surface area contributed by atoms with Gasteiger partial charge in [0, 0.05) is 13.0 Å². The Morgan fingerprint density at radius 3 is 2.71 bits per heavy atom. The molecule has 1 aromatic rings. The van der Waals surface area contributed by atoms with Crippen LogP contribution in [0.5, 0.6) is 0 Å². The molecule has 0 spiro atoms. The van der Waals surface area contributed by atoms with Gasteiger partial charge in [-0.1, -0.05) is 41.8 Å². The maximum absolute atomic E-state index is 8.75. The molecule has 0 heterocycles. The van der Waals surface area contributed by atoms with Gasteiger partial charge in [-0.2, -0.15) is 0 Å². The summed E-state index contributed by atoms with van der Waals surface area (Å²) in [5, 5.41) is 8.75. The summed E-state index contributed by atoms with van der Waals surface area (Å²) in [6, 6.07) is 10.2. The van der Waals surface area contributed by atoms with Gasteiger partial charge < -0.3 is 9.84 Å². The standard InChI is InChI=1S/C19H26O2/c1-17(2)13-14-19(12-8-3-4-9-15-20)21-16-18-10-6-5-7-11-18/h5-7,10-11,19-20H,1,3-4,9,13-16H2,2H3. The summed E-state index contributed by atoms with van der Waals surface area (Å²) in [6.45, 7) is 6.80. The van der Waals surface area contributed by atoms with Crippen LogP contribution in [0.3, 0.4) is 0 Å². The van der Waals surface area contributed by atoms with E-state index in [4.69, 9.17) is 9.84 Å². The Bertz CT molecular complexity index is 453. The van der Waals surface area contributed by atoms with Gasteiger partial charge in [-0.3, -0.25) is 0 Å². The predicted octanol–water partition coefficient (Wildman–Crippen LogP) is 4.09. The topological polar surface area (TPSA) is 29.5 Å². The Labute approximate surface area is 128 Å². The molecular formula is C19H26O2. The van der Waals surface area contributed by atoms with Crippen molar-refractivity contribution in [3.63, 3.8) is 0 Å². The lowest BCUT2D eigenvalue weighted by atomic mass is 10.1. The van der Waals surface area contributed by atoms with Crippen LogP contribution in [0, 0.1) is 11.8 Å². The number of unbranched alkanes of at least 4 members (excludes halogenated alkanes) is 2. The van der Waals surface area contributed by atoms with E-state index in [2.05, 4.69) is 30.6 Å². The Morgan fingerprint density at radius 1 is 1.29 bits per heavy atom. The summed E-state index contributed by atoms with van der Waals surface area (Å²) < 4.78 is 5.92. The second kappa shape index (κ2) is 11.1. The van der Waals surface area contributed by atoms with Crippen LogP contribution in [-0.2, 0) is 11.3 Å². The zero-order valence-corrected chi connectivity index (χ0v) is 13.0. The number of benzene rings is 1. The van der Waals surface area contributed by atoms with E-state index in [0.29, 0.717) is 6.61 Å². The summed E-state index contributed by atoms with van der Waals surface area (Å²) in [7, 11) is 0. The lowest BCUT2D eigenvalue weighted by Gasteiger charge is -2.12. The molecule has 0 fully saturated rings. The summed E-state index contributed by atoms with van der Waals surface area (Å²) in [4.78, 5) is 0. The van der Waals surface area contributed by atoms with Gasteiger partial charge in [-0.25, -0.2) is 0 Å². The molecule has 0 saturated carbocycles. The van der Waals surface area contributed by atoms with Crippen molar-refractivity contribution in [2.75, 3.05) is 6.61 Å². The normalized spacial score (nSPS) is 11.5. The van der Waals surface area contributed by atoms with Crippen molar-refractivity contribution in [1.82, 2.24) is 0 Å². The molecule has 0 aliphatic rings. The minimum atomic E-state index is -0.0453. The van der Waals surface area contributed by atoms with Gasteiger partial charge in [0.15, 0.2) is 0 Å². The van der Waals surface area contributed by atoms with E-state index in [9.17, 15) is 0 Å². The van der Waals surface area contributed by atoms with Crippen LogP contribution in [0.15, 0.2) is 42.5 Å². The Kier molecular flexibility index (Phi) is 9.28. The van der Waals surface area contributed by atoms with Crippen molar-refractivity contribution in [2.24, 2.45) is 0 Å². The van der Waals surface area contributed by atoms with E-state index >= 15 is 0 Å². The second-order valence-electron chi connectivity index (χ2n) is 5.28. The number of hydrogen-bond donors (Lipinski definition) is 1. The van der Waals surface area contributed by atoms with Gasteiger partial charge in [-0.15, -0.1) is 12.5 Å². The van der Waals surface area contributed by atoms with Crippen molar-refractivity contribution in [1.29, 1.82) is 0 Å². The highest BCUT2D eigenvalue weighted by atomic mass is 16.5. The first-order valence-electron chi connectivity index (χ1n) is 7.61. The van der Waals surface area contributed by atoms with Crippen molar-refractivity contribution in [3.05, 3.63) is 48.0 Å². The number of ether oxygens (including phenoxy) is 1. The zero-order chi connectivity index (χ0) is 15.3. The van der Waals surface area contributed by atoms with Gasteiger partial charge in [0.2, 0.25) is 0 Å². The molecule has 0 aliphatic carbocycles. The first-order valence-corrected chi connectivity index (χ1v) is 7.61. The van der Waals surface area contributed by atoms with Gasteiger partial charge in [0.25, 0.3) is 0 Å². The average Bonchev–Trinajstić information content (AvgIpc) is 2.50. The Hall–Kier alpha value is -1.56. The minimum Gasteiger partial charge on any atom is -0.396 e. The van der Waals surface area contributed by atoms with Crippen LogP contribution >= 0.6 is 0 Å². The molecule has 21 heavy (non-hydrogen) atoms. The van der Waals surface area contributed by atoms with E-state index in [1.165, 1.54) is 5.56 Å². The van der Waals surface area contributed by atoms with Crippen molar-refractivity contribution < 1.29 is 9.84 Å². The van der Waals surface area contributed by atoms with E-state index in [-0.39, 0.29) is 12.7 Å². The summed E-state index contributed by atoms with van der Waals surface area (Å²) in [6.07, 6.45) is 4.35. The van der Waals surface area contributed by atoms with Crippen LogP contribution in [0.2, 0.25) is 0 Å². The predicted molar refractivity (Wildman–Crippen MR) is 87.8 cm³/mol. The third-order valence-corrected chi connectivity index (χ3v) is 3.10. The molecule has 1 unspecified atom stereocenters. The molecule has 0 saturated heterocycles. The average molecular weight is 286 g/mol. The van der Waals surface area contributed by atoms with E-state index in [1.54, 1.807) is 0 Å². The van der Waals surface area contributed by atoms with Gasteiger partial charge >= 0.3 is 0 Å². The van der Waals surface area contributed by atoms with Crippen LogP contribution in [-0.4, -0.2) is 17.8 Å². The zero-order valence-electron chi connectivity index (χ0n) is 13.0. The highest BCUT2D eigenvalue weighted by Gasteiger charge is 2.06. The molecule has 2 nitrogen and oxygen atoms in total. The van der Waals surface area contributed by atoms with Gasteiger partial charge in [-0.05, 0) is 38.2 Å². The highest BCUT2D eigenvalue weighted by molar-refractivity contribution is 5.14. The Balaban J connectivity index is 2.45. The third-order valence-electron chi connectivity index (χ3n) is 3.10. The lowest BCUT2D eigenvalue weighted by molar-refractivity contribution is 0.0728. The molecule has 114 valence electrons. The molecule has 0 radical (unpaired) electrons. The van der Waals surface area contributed by atoms with E-state index < -0.39 is 0 Å². The number of aliphatic hydroxyl groups is 1. The van der Waals surface area contributed by atoms with Gasteiger partial charge in [0.05, 0.1) is 6.61 Å². The van der Waals surface area contributed by atoms with Crippen LogP contribution in [0.1, 0.15) is 44.6 Å². The first-order chi connectivity index (χ1) is 10.2. The fourth-order valence-electron chi connectivity index (χ4n) is 1.86. The van der Waals surface area contributed by atoms with Crippen molar-refractivity contribution >= 4 is 0 Å². The number of allylic oxidation sites excluding steroid dienone is 1. The van der Waals surface area contributed by atoms with Crippen LogP contribution in [0.25, 0.3) is 0 Å². The van der Waals surface area contributed by atoms with Gasteiger partial charge in [0.1, 0.15) is 6.10 Å². The third kappa shape index (κ3) is 9.07.